The number of aromatic nitrogens is 1. The fourth-order valence-electron chi connectivity index (χ4n) is 0.864. The molecule has 0 aliphatic rings. The van der Waals surface area contributed by atoms with Gasteiger partial charge in [-0.25, -0.2) is 13.4 Å². The van der Waals surface area contributed by atoms with Crippen molar-refractivity contribution in [3.05, 3.63) is 17.3 Å². The lowest BCUT2D eigenvalue weighted by Gasteiger charge is -1.91. The molecular formula is C6H8ClNO3S. The molecule has 6 heteroatoms. The lowest BCUT2D eigenvalue weighted by molar-refractivity contribution is 0.486. The summed E-state index contributed by atoms with van der Waals surface area (Å²) in [5.41, 5.74) is 0.566. The van der Waals surface area contributed by atoms with Gasteiger partial charge in [-0.3, -0.25) is 0 Å². The molecule has 0 saturated heterocycles. The average Bonchev–Trinajstić information content (AvgIpc) is 2.06. The SMILES string of the molecule is Cc1nc(C)c(CS(=O)(=O)Cl)o1. The van der Waals surface area contributed by atoms with E-state index in [0.717, 1.165) is 0 Å². The average molecular weight is 210 g/mol. The summed E-state index contributed by atoms with van der Waals surface area (Å²) >= 11 is 0. The molecule has 0 radical (unpaired) electrons. The second-order valence-corrected chi connectivity index (χ2v) is 5.20. The van der Waals surface area contributed by atoms with Gasteiger partial charge in [0.2, 0.25) is 9.05 Å². The zero-order chi connectivity index (χ0) is 9.35. The van der Waals surface area contributed by atoms with Gasteiger partial charge in [0.05, 0.1) is 5.69 Å². The Balaban J connectivity index is 2.97. The monoisotopic (exact) mass is 209 g/mol. The normalized spacial score (nSPS) is 11.9. The van der Waals surface area contributed by atoms with E-state index in [1.807, 2.05) is 0 Å². The van der Waals surface area contributed by atoms with Gasteiger partial charge in [0.15, 0.2) is 5.89 Å². The summed E-state index contributed by atoms with van der Waals surface area (Å²) in [6.45, 7) is 3.32. The van der Waals surface area contributed by atoms with Crippen LogP contribution in [-0.4, -0.2) is 13.4 Å². The van der Waals surface area contributed by atoms with E-state index in [1.54, 1.807) is 13.8 Å². The Labute approximate surface area is 75.0 Å². The van der Waals surface area contributed by atoms with Gasteiger partial charge >= 0.3 is 0 Å². The molecule has 0 atom stereocenters. The van der Waals surface area contributed by atoms with Crippen LogP contribution in [-0.2, 0) is 14.8 Å². The van der Waals surface area contributed by atoms with Crippen LogP contribution in [0.2, 0.25) is 0 Å². The van der Waals surface area contributed by atoms with E-state index in [2.05, 4.69) is 4.98 Å². The Morgan fingerprint density at radius 2 is 2.08 bits per heavy atom. The van der Waals surface area contributed by atoms with Crippen molar-refractivity contribution >= 4 is 19.7 Å². The van der Waals surface area contributed by atoms with Crippen LogP contribution in [0.25, 0.3) is 0 Å². The number of rotatable bonds is 2. The maximum atomic E-state index is 10.6. The van der Waals surface area contributed by atoms with Crippen molar-refractivity contribution in [2.75, 3.05) is 0 Å². The minimum Gasteiger partial charge on any atom is -0.445 e. The second-order valence-electron chi connectivity index (χ2n) is 2.42. The van der Waals surface area contributed by atoms with Crippen LogP contribution in [0.15, 0.2) is 4.42 Å². The predicted octanol–water partition coefficient (Wildman–Crippen LogP) is 1.36. The number of halogens is 1. The van der Waals surface area contributed by atoms with Crippen molar-refractivity contribution in [2.45, 2.75) is 19.6 Å². The van der Waals surface area contributed by atoms with E-state index in [0.29, 0.717) is 17.3 Å². The molecule has 0 aliphatic carbocycles. The van der Waals surface area contributed by atoms with Gasteiger partial charge in [-0.05, 0) is 6.92 Å². The third-order valence-electron chi connectivity index (χ3n) is 1.30. The summed E-state index contributed by atoms with van der Waals surface area (Å²) in [6.07, 6.45) is 0. The molecule has 12 heavy (non-hydrogen) atoms. The van der Waals surface area contributed by atoms with Crippen LogP contribution in [0.3, 0.4) is 0 Å². The van der Waals surface area contributed by atoms with E-state index in [1.165, 1.54) is 0 Å². The molecular weight excluding hydrogens is 202 g/mol. The third-order valence-corrected chi connectivity index (χ3v) is 2.24. The van der Waals surface area contributed by atoms with Crippen molar-refractivity contribution in [1.82, 2.24) is 4.98 Å². The minimum atomic E-state index is -3.55. The predicted molar refractivity (Wildman–Crippen MR) is 44.5 cm³/mol. The number of nitrogens with zero attached hydrogens (tertiary/aromatic N) is 1. The molecule has 0 saturated carbocycles. The Hall–Kier alpha value is -0.550. The summed E-state index contributed by atoms with van der Waals surface area (Å²) in [5, 5.41) is 0. The molecule has 0 spiro atoms. The summed E-state index contributed by atoms with van der Waals surface area (Å²) in [4.78, 5) is 3.91. The number of hydrogen-bond donors (Lipinski definition) is 0. The van der Waals surface area contributed by atoms with Crippen LogP contribution in [0.1, 0.15) is 17.3 Å². The fraction of sp³-hybridized carbons (Fsp3) is 0.500. The molecule has 68 valence electrons. The highest BCUT2D eigenvalue weighted by Gasteiger charge is 2.14. The van der Waals surface area contributed by atoms with Crippen molar-refractivity contribution in [1.29, 1.82) is 0 Å². The Kier molecular flexibility index (Phi) is 2.44. The van der Waals surface area contributed by atoms with Crippen molar-refractivity contribution in [3.63, 3.8) is 0 Å². The molecule has 0 amide bonds. The van der Waals surface area contributed by atoms with Crippen LogP contribution >= 0.6 is 10.7 Å². The van der Waals surface area contributed by atoms with Gasteiger partial charge in [-0.1, -0.05) is 0 Å². The largest absolute Gasteiger partial charge is 0.445 e. The first-order valence-electron chi connectivity index (χ1n) is 3.24. The molecule has 1 aromatic heterocycles. The lowest BCUT2D eigenvalue weighted by Crippen LogP contribution is -1.94. The first-order valence-corrected chi connectivity index (χ1v) is 5.71. The zero-order valence-corrected chi connectivity index (χ0v) is 8.24. The molecule has 4 nitrogen and oxygen atoms in total. The summed E-state index contributed by atoms with van der Waals surface area (Å²) < 4.78 is 26.3. The van der Waals surface area contributed by atoms with Crippen LogP contribution in [0.4, 0.5) is 0 Å². The minimum absolute atomic E-state index is 0.304. The molecule has 0 fully saturated rings. The van der Waals surface area contributed by atoms with E-state index in [4.69, 9.17) is 15.1 Å². The number of aryl methyl sites for hydroxylation is 2. The summed E-state index contributed by atoms with van der Waals surface area (Å²) in [7, 11) is 1.49. The topological polar surface area (TPSA) is 60.2 Å². The van der Waals surface area contributed by atoms with Crippen LogP contribution in [0.5, 0.6) is 0 Å². The molecule has 0 bridgehead atoms. The van der Waals surface area contributed by atoms with E-state index >= 15 is 0 Å². The first kappa shape index (κ1) is 9.54. The molecule has 1 aromatic rings. The van der Waals surface area contributed by atoms with Crippen molar-refractivity contribution < 1.29 is 12.8 Å². The highest BCUT2D eigenvalue weighted by molar-refractivity contribution is 8.13. The summed E-state index contributed by atoms with van der Waals surface area (Å²) in [6, 6.07) is 0. The van der Waals surface area contributed by atoms with E-state index < -0.39 is 9.05 Å². The smallest absolute Gasteiger partial charge is 0.239 e. The van der Waals surface area contributed by atoms with Crippen LogP contribution in [0, 0.1) is 13.8 Å². The van der Waals surface area contributed by atoms with Crippen molar-refractivity contribution in [2.24, 2.45) is 0 Å². The van der Waals surface area contributed by atoms with Crippen molar-refractivity contribution in [3.8, 4) is 0 Å². The fourth-order valence-corrected chi connectivity index (χ4v) is 1.74. The van der Waals surface area contributed by atoms with Gasteiger partial charge in [0.25, 0.3) is 0 Å². The molecule has 1 heterocycles. The third kappa shape index (κ3) is 2.49. The first-order chi connectivity index (χ1) is 5.38. The maximum absolute atomic E-state index is 10.6. The van der Waals surface area contributed by atoms with Gasteiger partial charge in [-0.15, -0.1) is 0 Å². The number of oxazole rings is 1. The molecule has 0 aliphatic heterocycles. The highest BCUT2D eigenvalue weighted by atomic mass is 35.7. The zero-order valence-electron chi connectivity index (χ0n) is 6.67. The van der Waals surface area contributed by atoms with Gasteiger partial charge in [0, 0.05) is 17.6 Å². The molecule has 1 rings (SSSR count). The number of hydrogen-bond acceptors (Lipinski definition) is 4. The van der Waals surface area contributed by atoms with Crippen LogP contribution < -0.4 is 0 Å². The highest BCUT2D eigenvalue weighted by Crippen LogP contribution is 2.14. The van der Waals surface area contributed by atoms with E-state index in [-0.39, 0.29) is 5.75 Å². The maximum Gasteiger partial charge on any atom is 0.239 e. The van der Waals surface area contributed by atoms with Gasteiger partial charge in [0.1, 0.15) is 11.5 Å². The van der Waals surface area contributed by atoms with E-state index in [9.17, 15) is 8.42 Å². The van der Waals surface area contributed by atoms with Gasteiger partial charge < -0.3 is 4.42 Å². The molecule has 0 unspecified atom stereocenters. The standard InChI is InChI=1S/C6H8ClNO3S/c1-4-6(3-12(7,9)10)11-5(2)8-4/h3H2,1-2H3. The Morgan fingerprint density at radius 1 is 1.50 bits per heavy atom. The second kappa shape index (κ2) is 3.06. The lowest BCUT2D eigenvalue weighted by atomic mass is 10.4. The molecule has 0 N–H and O–H groups in total. The Morgan fingerprint density at radius 3 is 2.42 bits per heavy atom. The van der Waals surface area contributed by atoms with Gasteiger partial charge in [-0.2, -0.15) is 0 Å². The Bertz CT molecular complexity index is 381. The quantitative estimate of drug-likeness (QED) is 0.690. The summed E-state index contributed by atoms with van der Waals surface area (Å²) in [5.74, 6) is 0.451. The molecule has 0 aromatic carbocycles.